The third kappa shape index (κ3) is 23.0. The summed E-state index contributed by atoms with van der Waals surface area (Å²) < 4.78 is 5.95. The van der Waals surface area contributed by atoms with Gasteiger partial charge < -0.3 is 49.1 Å². The Bertz CT molecular complexity index is 2550. The maximum atomic E-state index is 15.5. The molecule has 0 aliphatic carbocycles. The number of allylic oxidation sites excluding steroid dienone is 2. The van der Waals surface area contributed by atoms with Gasteiger partial charge in [-0.2, -0.15) is 0 Å². The van der Waals surface area contributed by atoms with E-state index in [2.05, 4.69) is 5.32 Å². The molecule has 1 saturated heterocycles. The molecule has 1 heterocycles. The van der Waals surface area contributed by atoms with E-state index in [1.54, 1.807) is 75.3 Å². The molecule has 1 aliphatic rings. The summed E-state index contributed by atoms with van der Waals surface area (Å²) in [6.07, 6.45) is 3.12. The Hall–Kier alpha value is -6.35. The lowest BCUT2D eigenvalue weighted by molar-refractivity contribution is -0.164. The zero-order valence-electron chi connectivity index (χ0n) is 60.1. The number of likely N-dealkylation sites (N-methyl/N-ethyl adjacent to an activating group) is 7. The van der Waals surface area contributed by atoms with E-state index in [4.69, 9.17) is 4.74 Å². The maximum Gasteiger partial charge on any atom is 0.303 e. The van der Waals surface area contributed by atoms with Gasteiger partial charge >= 0.3 is 5.97 Å². The SMILES string of the molecule is C/C=C/C[C@@H](C)[C@@H](OC(C)=O)[C@H]1C(=O)N[C@@H](CC)C(=O)N(C)[C@H](C)C(=O)N(C)C([C@H](C)CCC=O)C(=O)C[C@@H](C(C)C)C(=O)N(C)[C@@H](CC(C)C)C(=O)C[C@@H](C)C(=O)C[C@H](C)C(=O)N(C)[C@@H](CC(C)C)C(=O)N(C)[C@@H](CC(C)C)C(=O)N(C)[C@@H](C(C)C)C(=O)N1C. The van der Waals surface area contributed by atoms with Crippen molar-refractivity contribution in [1.29, 1.82) is 0 Å². The minimum atomic E-state index is -1.62. The average Bonchev–Trinajstić information content (AvgIpc) is 1.55. The summed E-state index contributed by atoms with van der Waals surface area (Å²) in [5.41, 5.74) is 0. The van der Waals surface area contributed by atoms with Crippen LogP contribution in [0.3, 0.4) is 0 Å². The van der Waals surface area contributed by atoms with Crippen LogP contribution in [0.25, 0.3) is 0 Å². The predicted octanol–water partition coefficient (Wildman–Crippen LogP) is 7.07. The molecule has 14 atom stereocenters. The first kappa shape index (κ1) is 82.7. The van der Waals surface area contributed by atoms with Crippen LogP contribution in [0.15, 0.2) is 12.2 Å². The Labute approximate surface area is 545 Å². The van der Waals surface area contributed by atoms with Crippen LogP contribution in [0, 0.1) is 59.2 Å². The second kappa shape index (κ2) is 38.0. The highest BCUT2D eigenvalue weighted by Gasteiger charge is 2.47. The van der Waals surface area contributed by atoms with Crippen LogP contribution < -0.4 is 5.32 Å². The number of aldehydes is 1. The molecule has 8 amide bonds. The van der Waals surface area contributed by atoms with Crippen molar-refractivity contribution in [2.24, 2.45) is 59.2 Å². The van der Waals surface area contributed by atoms with Crippen LogP contribution in [0.1, 0.15) is 189 Å². The highest BCUT2D eigenvalue weighted by molar-refractivity contribution is 6.00. The fourth-order valence-electron chi connectivity index (χ4n) is 12.5. The summed E-state index contributed by atoms with van der Waals surface area (Å²) in [6.45, 7) is 31.0. The van der Waals surface area contributed by atoms with E-state index < -0.39 is 161 Å². The van der Waals surface area contributed by atoms with Gasteiger partial charge in [0.1, 0.15) is 54.4 Å². The largest absolute Gasteiger partial charge is 0.459 e. The molecule has 1 fully saturated rings. The zero-order chi connectivity index (χ0) is 70.5. The second-order valence-corrected chi connectivity index (χ2v) is 28.0. The molecule has 1 aliphatic heterocycles. The molecule has 1 N–H and O–H groups in total. The van der Waals surface area contributed by atoms with Crippen LogP contribution in [0.4, 0.5) is 0 Å². The van der Waals surface area contributed by atoms with E-state index >= 15 is 19.2 Å². The molecule has 0 aromatic rings. The Morgan fingerprint density at radius 3 is 1.45 bits per heavy atom. The Balaban J connectivity index is 4.54. The molecular weight excluding hydrogens is 1160 g/mol. The number of Topliss-reactive ketones (excluding diaryl/α,β-unsaturated/α-hetero) is 3. The predicted molar refractivity (Wildman–Crippen MR) is 351 cm³/mol. The van der Waals surface area contributed by atoms with Crippen molar-refractivity contribution in [2.75, 3.05) is 49.3 Å². The van der Waals surface area contributed by atoms with Crippen LogP contribution in [-0.4, -0.2) is 215 Å². The van der Waals surface area contributed by atoms with Crippen molar-refractivity contribution in [2.45, 2.75) is 243 Å². The smallest absolute Gasteiger partial charge is 0.303 e. The first-order chi connectivity index (χ1) is 42.1. The van der Waals surface area contributed by atoms with E-state index in [1.165, 1.54) is 87.7 Å². The number of hydrogen-bond acceptors (Lipinski definition) is 14. The van der Waals surface area contributed by atoms with E-state index in [0.29, 0.717) is 6.29 Å². The fourth-order valence-corrected chi connectivity index (χ4v) is 12.5. The monoisotopic (exact) mass is 1280 g/mol. The number of esters is 1. The lowest BCUT2D eigenvalue weighted by Gasteiger charge is -2.42. The van der Waals surface area contributed by atoms with E-state index in [1.807, 2.05) is 47.6 Å². The van der Waals surface area contributed by atoms with Gasteiger partial charge in [-0.15, -0.1) is 0 Å². The Morgan fingerprint density at radius 2 is 0.989 bits per heavy atom. The maximum absolute atomic E-state index is 15.5. The van der Waals surface area contributed by atoms with Gasteiger partial charge in [0, 0.05) is 99.7 Å². The normalized spacial score (nSPS) is 27.2. The minimum Gasteiger partial charge on any atom is -0.459 e. The molecule has 0 bridgehead atoms. The van der Waals surface area contributed by atoms with Crippen LogP contribution in [0.5, 0.6) is 0 Å². The van der Waals surface area contributed by atoms with Crippen molar-refractivity contribution in [3.05, 3.63) is 12.2 Å². The van der Waals surface area contributed by atoms with Crippen molar-refractivity contribution in [3.63, 3.8) is 0 Å². The number of carbonyl (C=O) groups excluding carboxylic acids is 13. The Morgan fingerprint density at radius 1 is 0.527 bits per heavy atom. The molecule has 0 radical (unpaired) electrons. The third-order valence-corrected chi connectivity index (χ3v) is 18.3. The summed E-state index contributed by atoms with van der Waals surface area (Å²) >= 11 is 0. The highest BCUT2D eigenvalue weighted by Crippen LogP contribution is 2.30. The summed E-state index contributed by atoms with van der Waals surface area (Å²) in [7, 11) is 10.0. The van der Waals surface area contributed by atoms with Gasteiger partial charge in [0.2, 0.25) is 47.3 Å². The lowest BCUT2D eigenvalue weighted by Crippen LogP contribution is -2.64. The summed E-state index contributed by atoms with van der Waals surface area (Å²) in [4.78, 5) is 197. The number of ketones is 3. The zero-order valence-corrected chi connectivity index (χ0v) is 60.1. The van der Waals surface area contributed by atoms with E-state index in [-0.39, 0.29) is 87.7 Å². The summed E-state index contributed by atoms with van der Waals surface area (Å²) in [5, 5.41) is 2.81. The van der Waals surface area contributed by atoms with Gasteiger partial charge in [-0.1, -0.05) is 116 Å². The van der Waals surface area contributed by atoms with E-state index in [9.17, 15) is 43.2 Å². The quantitative estimate of drug-likeness (QED) is 0.0818. The standard InChI is InChI=1S/C69H118N8O14/c1-26-28-30-45(14)61(91-49(18)79)60-62(83)70-51(27-2)66(87)71(19)48(17)64(85)76(24)59(44(13)31-29-32-78)57(82)38-50(42(9)10)65(86)72(20)52(33-39(3)4)56(81)36-46(15)55(80)37-47(16)63(84)73(21)53(34-40(5)6)67(88)74(22)54(35-41(7)8)68(89)75(23)58(43(11)12)69(90)77(60)25/h26,28,32,39-48,50-54,58-61H,27,29-31,33-38H2,1-25H3,(H,70,83)/b28-26+/t44-,45-,46-,47+,48-,50+,51+,52+,53+,54+,58+,59?,60+,61-/m1/s1. The molecular formula is C69H118N8O14. The minimum absolute atomic E-state index is 0.0254. The molecule has 0 aromatic heterocycles. The van der Waals surface area contributed by atoms with Crippen molar-refractivity contribution >= 4 is 76.9 Å². The molecule has 0 aromatic carbocycles. The van der Waals surface area contributed by atoms with Gasteiger partial charge in [-0.25, -0.2) is 0 Å². The molecule has 22 heteroatoms. The summed E-state index contributed by atoms with van der Waals surface area (Å²) in [5.74, 6) is -12.8. The average molecular weight is 1280 g/mol. The fraction of sp³-hybridized carbons (Fsp3) is 0.783. The summed E-state index contributed by atoms with van der Waals surface area (Å²) in [6, 6.07) is -10.0. The molecule has 1 unspecified atom stereocenters. The molecule has 91 heavy (non-hydrogen) atoms. The number of amides is 8. The topological polar surface area (TPSA) is 266 Å². The molecule has 22 nitrogen and oxygen atoms in total. The number of hydrogen-bond donors (Lipinski definition) is 1. The Kier molecular flexibility index (Phi) is 34.5. The van der Waals surface area contributed by atoms with Gasteiger partial charge in [0.05, 0.1) is 12.1 Å². The number of rotatable bonds is 18. The lowest BCUT2D eigenvalue weighted by atomic mass is 9.82. The van der Waals surface area contributed by atoms with Crippen LogP contribution in [0.2, 0.25) is 0 Å². The van der Waals surface area contributed by atoms with E-state index in [0.717, 1.165) is 9.80 Å². The number of ether oxygens (including phenoxy) is 1. The van der Waals surface area contributed by atoms with Crippen LogP contribution >= 0.6 is 0 Å². The molecule has 1 rings (SSSR count). The van der Waals surface area contributed by atoms with Crippen molar-refractivity contribution in [1.82, 2.24) is 39.6 Å². The van der Waals surface area contributed by atoms with Crippen molar-refractivity contribution < 1.29 is 67.1 Å². The molecule has 0 spiro atoms. The van der Waals surface area contributed by atoms with Crippen molar-refractivity contribution in [3.8, 4) is 0 Å². The molecule has 518 valence electrons. The number of nitrogens with one attached hydrogen (secondary N) is 1. The first-order valence-electron chi connectivity index (χ1n) is 33.1. The second-order valence-electron chi connectivity index (χ2n) is 28.0. The first-order valence-corrected chi connectivity index (χ1v) is 33.1. The van der Waals surface area contributed by atoms with Crippen LogP contribution in [-0.2, 0) is 67.1 Å². The number of nitrogens with zero attached hydrogens (tertiary/aromatic N) is 7. The van der Waals surface area contributed by atoms with Gasteiger partial charge in [0.15, 0.2) is 11.6 Å². The van der Waals surface area contributed by atoms with Gasteiger partial charge in [-0.3, -0.25) is 57.5 Å². The molecule has 0 saturated carbocycles. The highest BCUT2D eigenvalue weighted by atomic mass is 16.5. The number of carbonyl (C=O) groups is 13. The third-order valence-electron chi connectivity index (χ3n) is 18.3. The van der Waals surface area contributed by atoms with Gasteiger partial charge in [0.25, 0.3) is 0 Å². The van der Waals surface area contributed by atoms with Gasteiger partial charge in [-0.05, 0) is 93.8 Å².